The monoisotopic (exact) mass is 556 g/mol. The van der Waals surface area contributed by atoms with Crippen molar-refractivity contribution in [3.8, 4) is 5.75 Å². The Balaban J connectivity index is 0.00000289. The zero-order valence-corrected chi connectivity index (χ0v) is 21.5. The molecule has 1 saturated carbocycles. The lowest BCUT2D eigenvalue weighted by atomic mass is 9.95. The van der Waals surface area contributed by atoms with Gasteiger partial charge in [-0.2, -0.15) is 0 Å². The van der Waals surface area contributed by atoms with Gasteiger partial charge in [-0.1, -0.05) is 18.2 Å². The zero-order chi connectivity index (χ0) is 21.5. The average molecular weight is 556 g/mol. The number of ether oxygens (including phenoxy) is 2. The van der Waals surface area contributed by atoms with Gasteiger partial charge in [-0.05, 0) is 44.6 Å². The van der Waals surface area contributed by atoms with Gasteiger partial charge in [-0.15, -0.1) is 24.0 Å². The van der Waals surface area contributed by atoms with Crippen LogP contribution in [-0.4, -0.2) is 74.2 Å². The number of amides is 1. The molecule has 3 aliphatic rings. The van der Waals surface area contributed by atoms with E-state index < -0.39 is 0 Å². The topological polar surface area (TPSA) is 66.4 Å². The standard InChI is InChI=1S/C24H36N4O3.HI/c1-2-25-24(26-17-21-5-3-4-6-22(21)31-18-19-7-8-19)28-11-9-20(10-12-28)23(29)27-13-15-30-16-14-27;/h3-6,19-20H,2,7-18H2,1H3,(H,25,26);1H. The van der Waals surface area contributed by atoms with E-state index in [1.54, 1.807) is 0 Å². The van der Waals surface area contributed by atoms with Crippen LogP contribution in [0, 0.1) is 11.8 Å². The van der Waals surface area contributed by atoms with E-state index in [9.17, 15) is 4.79 Å². The van der Waals surface area contributed by atoms with Gasteiger partial charge in [-0.3, -0.25) is 4.79 Å². The van der Waals surface area contributed by atoms with Crippen molar-refractivity contribution < 1.29 is 14.3 Å². The Bertz CT molecular complexity index is 757. The summed E-state index contributed by atoms with van der Waals surface area (Å²) in [5.41, 5.74) is 1.12. The Kier molecular flexibility index (Phi) is 9.90. The SMILES string of the molecule is CCNC(=NCc1ccccc1OCC1CC1)N1CCC(C(=O)N2CCOCC2)CC1.I. The van der Waals surface area contributed by atoms with E-state index in [0.29, 0.717) is 25.7 Å². The van der Waals surface area contributed by atoms with Crippen molar-refractivity contribution >= 4 is 35.8 Å². The second-order valence-electron chi connectivity index (χ2n) is 8.73. The summed E-state index contributed by atoms with van der Waals surface area (Å²) in [7, 11) is 0. The Hall–Kier alpha value is -1.55. The van der Waals surface area contributed by atoms with E-state index in [1.165, 1.54) is 12.8 Å². The molecule has 0 radical (unpaired) electrons. The molecule has 0 atom stereocenters. The number of piperidine rings is 1. The normalized spacial score (nSPS) is 20.0. The molecule has 32 heavy (non-hydrogen) atoms. The maximum Gasteiger partial charge on any atom is 0.225 e. The van der Waals surface area contributed by atoms with Crippen LogP contribution in [0.5, 0.6) is 5.75 Å². The Morgan fingerprint density at radius 2 is 1.81 bits per heavy atom. The van der Waals surface area contributed by atoms with Crippen molar-refractivity contribution in [1.82, 2.24) is 15.1 Å². The smallest absolute Gasteiger partial charge is 0.225 e. The lowest BCUT2D eigenvalue weighted by Crippen LogP contribution is -2.50. The largest absolute Gasteiger partial charge is 0.493 e. The van der Waals surface area contributed by atoms with Crippen molar-refractivity contribution in [3.63, 3.8) is 0 Å². The highest BCUT2D eigenvalue weighted by atomic mass is 127. The molecule has 0 spiro atoms. The molecule has 1 aliphatic carbocycles. The van der Waals surface area contributed by atoms with E-state index in [4.69, 9.17) is 14.5 Å². The number of likely N-dealkylation sites (tertiary alicyclic amines) is 1. The number of nitrogens with zero attached hydrogens (tertiary/aromatic N) is 3. The predicted molar refractivity (Wildman–Crippen MR) is 137 cm³/mol. The lowest BCUT2D eigenvalue weighted by molar-refractivity contribution is -0.140. The number of hydrogen-bond acceptors (Lipinski definition) is 4. The number of nitrogens with one attached hydrogen (secondary N) is 1. The number of halogens is 1. The van der Waals surface area contributed by atoms with Crippen LogP contribution in [0.2, 0.25) is 0 Å². The van der Waals surface area contributed by atoms with Gasteiger partial charge in [0.15, 0.2) is 5.96 Å². The number of rotatable bonds is 7. The third-order valence-electron chi connectivity index (χ3n) is 6.34. The van der Waals surface area contributed by atoms with E-state index in [2.05, 4.69) is 23.2 Å². The lowest BCUT2D eigenvalue weighted by Gasteiger charge is -2.36. The first kappa shape index (κ1) is 25.1. The third-order valence-corrected chi connectivity index (χ3v) is 6.34. The molecule has 0 unspecified atom stereocenters. The van der Waals surface area contributed by atoms with Crippen LogP contribution >= 0.6 is 24.0 Å². The van der Waals surface area contributed by atoms with Crippen LogP contribution in [0.15, 0.2) is 29.3 Å². The number of guanidine groups is 1. The Morgan fingerprint density at radius 1 is 1.09 bits per heavy atom. The fraction of sp³-hybridized carbons (Fsp3) is 0.667. The van der Waals surface area contributed by atoms with Crippen molar-refractivity contribution in [3.05, 3.63) is 29.8 Å². The summed E-state index contributed by atoms with van der Waals surface area (Å²) in [6.45, 7) is 8.81. The summed E-state index contributed by atoms with van der Waals surface area (Å²) in [6.07, 6.45) is 4.33. The minimum Gasteiger partial charge on any atom is -0.493 e. The molecule has 2 aliphatic heterocycles. The van der Waals surface area contributed by atoms with Crippen LogP contribution in [-0.2, 0) is 16.1 Å². The van der Waals surface area contributed by atoms with Gasteiger partial charge >= 0.3 is 0 Å². The number of benzene rings is 1. The first-order valence-corrected chi connectivity index (χ1v) is 11.8. The summed E-state index contributed by atoms with van der Waals surface area (Å²) in [4.78, 5) is 22.0. The molecule has 1 aromatic rings. The molecule has 178 valence electrons. The summed E-state index contributed by atoms with van der Waals surface area (Å²) in [5.74, 6) is 3.02. The second kappa shape index (κ2) is 12.6. The molecule has 1 amide bonds. The van der Waals surface area contributed by atoms with E-state index in [0.717, 1.165) is 75.4 Å². The van der Waals surface area contributed by atoms with Gasteiger partial charge in [0.25, 0.3) is 0 Å². The van der Waals surface area contributed by atoms with Crippen molar-refractivity contribution in [2.45, 2.75) is 39.2 Å². The molecule has 8 heteroatoms. The van der Waals surface area contributed by atoms with Crippen LogP contribution in [0.4, 0.5) is 0 Å². The molecular formula is C24H37IN4O3. The van der Waals surface area contributed by atoms with Gasteiger partial charge in [0, 0.05) is 44.2 Å². The molecule has 3 fully saturated rings. The Morgan fingerprint density at radius 3 is 2.50 bits per heavy atom. The highest BCUT2D eigenvalue weighted by molar-refractivity contribution is 14.0. The van der Waals surface area contributed by atoms with Crippen molar-refractivity contribution in [1.29, 1.82) is 0 Å². The van der Waals surface area contributed by atoms with E-state index in [1.807, 2.05) is 23.1 Å². The van der Waals surface area contributed by atoms with Crippen LogP contribution in [0.25, 0.3) is 0 Å². The maximum absolute atomic E-state index is 12.8. The molecule has 2 heterocycles. The highest BCUT2D eigenvalue weighted by Gasteiger charge is 2.30. The number of carbonyl (C=O) groups is 1. The highest BCUT2D eigenvalue weighted by Crippen LogP contribution is 2.30. The maximum atomic E-state index is 12.8. The number of morpholine rings is 1. The summed E-state index contributed by atoms with van der Waals surface area (Å²) >= 11 is 0. The molecule has 1 N–H and O–H groups in total. The quantitative estimate of drug-likeness (QED) is 0.318. The van der Waals surface area contributed by atoms with Crippen molar-refractivity contribution in [2.24, 2.45) is 16.8 Å². The minimum absolute atomic E-state index is 0. The molecule has 7 nitrogen and oxygen atoms in total. The summed E-state index contributed by atoms with van der Waals surface area (Å²) < 4.78 is 11.4. The third kappa shape index (κ3) is 6.97. The van der Waals surface area contributed by atoms with Crippen molar-refractivity contribution in [2.75, 3.05) is 52.5 Å². The first-order chi connectivity index (χ1) is 15.2. The predicted octanol–water partition coefficient (Wildman–Crippen LogP) is 3.13. The molecule has 4 rings (SSSR count). The molecule has 0 bridgehead atoms. The minimum atomic E-state index is 0. The van der Waals surface area contributed by atoms with Crippen LogP contribution in [0.1, 0.15) is 38.2 Å². The average Bonchev–Trinajstić information content (AvgIpc) is 3.66. The van der Waals surface area contributed by atoms with Gasteiger partial charge in [0.2, 0.25) is 5.91 Å². The van der Waals surface area contributed by atoms with E-state index >= 15 is 0 Å². The molecule has 0 aromatic heterocycles. The zero-order valence-electron chi connectivity index (χ0n) is 19.1. The number of hydrogen-bond donors (Lipinski definition) is 1. The summed E-state index contributed by atoms with van der Waals surface area (Å²) in [6, 6.07) is 8.22. The van der Waals surface area contributed by atoms with Gasteiger partial charge in [-0.25, -0.2) is 4.99 Å². The second-order valence-corrected chi connectivity index (χ2v) is 8.73. The number of aliphatic imine (C=N–C) groups is 1. The summed E-state index contributed by atoms with van der Waals surface area (Å²) in [5, 5.41) is 3.43. The number of carbonyl (C=O) groups excluding carboxylic acids is 1. The van der Waals surface area contributed by atoms with Gasteiger partial charge in [0.05, 0.1) is 26.4 Å². The van der Waals surface area contributed by atoms with Gasteiger partial charge in [0.1, 0.15) is 5.75 Å². The molecular weight excluding hydrogens is 519 g/mol. The van der Waals surface area contributed by atoms with E-state index in [-0.39, 0.29) is 29.9 Å². The van der Waals surface area contributed by atoms with Crippen LogP contribution in [0.3, 0.4) is 0 Å². The fourth-order valence-electron chi connectivity index (χ4n) is 4.23. The first-order valence-electron chi connectivity index (χ1n) is 11.8. The fourth-order valence-corrected chi connectivity index (χ4v) is 4.23. The van der Waals surface area contributed by atoms with Crippen LogP contribution < -0.4 is 10.1 Å². The molecule has 1 aromatic carbocycles. The Labute approximate surface area is 208 Å². The van der Waals surface area contributed by atoms with Gasteiger partial charge < -0.3 is 24.6 Å². The number of para-hydroxylation sites is 1. The molecule has 2 saturated heterocycles.